The Morgan fingerprint density at radius 1 is 0.773 bits per heavy atom. The van der Waals surface area contributed by atoms with E-state index in [1.54, 1.807) is 24.3 Å². The summed E-state index contributed by atoms with van der Waals surface area (Å²) < 4.78 is 10.4. The summed E-state index contributed by atoms with van der Waals surface area (Å²) in [4.78, 5) is 24.1. The molecule has 1 aromatic carbocycles. The van der Waals surface area contributed by atoms with Crippen molar-refractivity contribution in [1.82, 2.24) is 0 Å². The van der Waals surface area contributed by atoms with Crippen LogP contribution in [0.15, 0.2) is 24.3 Å². The third kappa shape index (κ3) is 6.29. The van der Waals surface area contributed by atoms with Crippen LogP contribution in [0.25, 0.3) is 0 Å². The molecule has 0 spiro atoms. The van der Waals surface area contributed by atoms with Gasteiger partial charge in [-0.3, -0.25) is 0 Å². The Labute approximate surface area is 132 Å². The molecule has 0 unspecified atom stereocenters. The number of ether oxygens (including phenoxy) is 2. The predicted octanol–water partition coefficient (Wildman–Crippen LogP) is 4.38. The lowest BCUT2D eigenvalue weighted by Crippen LogP contribution is -2.15. The summed E-state index contributed by atoms with van der Waals surface area (Å²) in [5.41, 5.74) is 0.552. The molecule has 0 aliphatic rings. The van der Waals surface area contributed by atoms with Crippen LogP contribution >= 0.6 is 0 Å². The van der Waals surface area contributed by atoms with Crippen molar-refractivity contribution in [1.29, 1.82) is 0 Å². The average Bonchev–Trinajstić information content (AvgIpc) is 2.54. The minimum Gasteiger partial charge on any atom is -0.462 e. The first-order valence-electron chi connectivity index (χ1n) is 8.14. The summed E-state index contributed by atoms with van der Waals surface area (Å²) >= 11 is 0. The molecule has 0 aromatic heterocycles. The highest BCUT2D eigenvalue weighted by Gasteiger charge is 2.18. The van der Waals surface area contributed by atoms with Crippen LogP contribution in [0.1, 0.15) is 73.1 Å². The molecule has 0 aliphatic heterocycles. The van der Waals surface area contributed by atoms with Crippen molar-refractivity contribution in [3.63, 3.8) is 0 Å². The zero-order valence-electron chi connectivity index (χ0n) is 13.6. The zero-order valence-corrected chi connectivity index (χ0v) is 13.6. The molecule has 0 heterocycles. The summed E-state index contributed by atoms with van der Waals surface area (Å²) in [6.07, 6.45) is 5.94. The van der Waals surface area contributed by atoms with Gasteiger partial charge < -0.3 is 9.47 Å². The van der Waals surface area contributed by atoms with Crippen molar-refractivity contribution < 1.29 is 19.1 Å². The van der Waals surface area contributed by atoms with E-state index in [-0.39, 0.29) is 11.1 Å². The van der Waals surface area contributed by atoms with Gasteiger partial charge in [0.2, 0.25) is 0 Å². The van der Waals surface area contributed by atoms with Gasteiger partial charge in [-0.05, 0) is 25.0 Å². The summed E-state index contributed by atoms with van der Waals surface area (Å²) in [5, 5.41) is 0. The quantitative estimate of drug-likeness (QED) is 0.475. The number of benzene rings is 1. The van der Waals surface area contributed by atoms with Gasteiger partial charge in [-0.15, -0.1) is 0 Å². The Kier molecular flexibility index (Phi) is 8.96. The first-order chi connectivity index (χ1) is 10.7. The second-order valence-corrected chi connectivity index (χ2v) is 5.23. The molecule has 0 saturated carbocycles. The van der Waals surface area contributed by atoms with Gasteiger partial charge >= 0.3 is 11.9 Å². The summed E-state index contributed by atoms with van der Waals surface area (Å²) in [5.74, 6) is -0.925. The lowest BCUT2D eigenvalue weighted by atomic mass is 10.1. The molecule has 0 aliphatic carbocycles. The number of hydrogen-bond donors (Lipinski definition) is 0. The van der Waals surface area contributed by atoms with Gasteiger partial charge in [0.05, 0.1) is 24.3 Å². The molecule has 0 atom stereocenters. The maximum Gasteiger partial charge on any atom is 0.339 e. The van der Waals surface area contributed by atoms with E-state index >= 15 is 0 Å². The Balaban J connectivity index is 2.58. The van der Waals surface area contributed by atoms with E-state index in [0.29, 0.717) is 13.2 Å². The van der Waals surface area contributed by atoms with Crippen molar-refractivity contribution in [3.05, 3.63) is 35.4 Å². The first-order valence-corrected chi connectivity index (χ1v) is 8.14. The molecule has 122 valence electrons. The molecule has 0 fully saturated rings. The van der Waals surface area contributed by atoms with E-state index in [1.807, 2.05) is 6.92 Å². The van der Waals surface area contributed by atoms with Gasteiger partial charge in [0, 0.05) is 0 Å². The van der Waals surface area contributed by atoms with Gasteiger partial charge in [0.15, 0.2) is 0 Å². The molecular weight excluding hydrogens is 280 g/mol. The highest BCUT2D eigenvalue weighted by atomic mass is 16.5. The van der Waals surface area contributed by atoms with Crippen LogP contribution in [-0.4, -0.2) is 25.2 Å². The topological polar surface area (TPSA) is 52.6 Å². The molecule has 0 amide bonds. The Morgan fingerprint density at radius 3 is 1.77 bits per heavy atom. The van der Waals surface area contributed by atoms with Crippen molar-refractivity contribution >= 4 is 11.9 Å². The van der Waals surface area contributed by atoms with Gasteiger partial charge in [-0.1, -0.05) is 51.7 Å². The van der Waals surface area contributed by atoms with Gasteiger partial charge in [0.1, 0.15) is 0 Å². The molecule has 4 nitrogen and oxygen atoms in total. The van der Waals surface area contributed by atoms with Crippen LogP contribution in [0.4, 0.5) is 0 Å². The van der Waals surface area contributed by atoms with Crippen molar-refractivity contribution in [2.45, 2.75) is 52.4 Å². The monoisotopic (exact) mass is 306 g/mol. The standard InChI is InChI=1S/C18H26O4/c1-3-5-7-10-14-22-18(20)16-12-9-8-11-15(16)17(19)21-13-6-4-2/h8-9,11-12H,3-7,10,13-14H2,1-2H3. The highest BCUT2D eigenvalue weighted by molar-refractivity contribution is 6.03. The fourth-order valence-electron chi connectivity index (χ4n) is 2.00. The van der Waals surface area contributed by atoms with Gasteiger partial charge in [0.25, 0.3) is 0 Å². The minimum atomic E-state index is -0.466. The maximum absolute atomic E-state index is 12.1. The minimum absolute atomic E-state index is 0.275. The van der Waals surface area contributed by atoms with E-state index in [4.69, 9.17) is 9.47 Å². The lowest BCUT2D eigenvalue weighted by Gasteiger charge is -2.09. The molecule has 0 bridgehead atoms. The Hall–Kier alpha value is -1.84. The van der Waals surface area contributed by atoms with Crippen LogP contribution in [0.3, 0.4) is 0 Å². The fraction of sp³-hybridized carbons (Fsp3) is 0.556. The highest BCUT2D eigenvalue weighted by Crippen LogP contribution is 2.13. The molecule has 22 heavy (non-hydrogen) atoms. The maximum atomic E-state index is 12.1. The van der Waals surface area contributed by atoms with E-state index in [2.05, 4.69) is 6.92 Å². The van der Waals surface area contributed by atoms with E-state index < -0.39 is 11.9 Å². The van der Waals surface area contributed by atoms with Crippen molar-refractivity contribution in [3.8, 4) is 0 Å². The first kappa shape index (κ1) is 18.2. The van der Waals surface area contributed by atoms with Crippen molar-refractivity contribution in [2.24, 2.45) is 0 Å². The number of rotatable bonds is 10. The molecule has 1 rings (SSSR count). The Morgan fingerprint density at radius 2 is 1.27 bits per heavy atom. The van der Waals surface area contributed by atoms with Crippen LogP contribution in [0.5, 0.6) is 0 Å². The molecule has 0 N–H and O–H groups in total. The van der Waals surface area contributed by atoms with Crippen molar-refractivity contribution in [2.75, 3.05) is 13.2 Å². The number of esters is 2. The van der Waals surface area contributed by atoms with Crippen LogP contribution in [0, 0.1) is 0 Å². The number of hydrogen-bond acceptors (Lipinski definition) is 4. The summed E-state index contributed by atoms with van der Waals surface area (Å²) in [7, 11) is 0. The van der Waals surface area contributed by atoms with E-state index in [9.17, 15) is 9.59 Å². The van der Waals surface area contributed by atoms with E-state index in [0.717, 1.165) is 38.5 Å². The van der Waals surface area contributed by atoms with Gasteiger partial charge in [-0.2, -0.15) is 0 Å². The largest absolute Gasteiger partial charge is 0.462 e. The van der Waals surface area contributed by atoms with Crippen LogP contribution < -0.4 is 0 Å². The Bertz CT molecular complexity index is 468. The number of unbranched alkanes of at least 4 members (excludes halogenated alkanes) is 4. The summed E-state index contributed by atoms with van der Waals surface area (Å²) in [6, 6.07) is 6.64. The second kappa shape index (κ2) is 10.8. The van der Waals surface area contributed by atoms with Gasteiger partial charge in [-0.25, -0.2) is 9.59 Å². The van der Waals surface area contributed by atoms with Crippen LogP contribution in [0.2, 0.25) is 0 Å². The number of carbonyl (C=O) groups is 2. The second-order valence-electron chi connectivity index (χ2n) is 5.23. The average molecular weight is 306 g/mol. The SMILES string of the molecule is CCCCCCOC(=O)c1ccccc1C(=O)OCCCC. The third-order valence-corrected chi connectivity index (χ3v) is 3.33. The molecule has 0 saturated heterocycles. The smallest absolute Gasteiger partial charge is 0.339 e. The lowest BCUT2D eigenvalue weighted by molar-refractivity contribution is 0.0451. The zero-order chi connectivity index (χ0) is 16.2. The molecule has 1 aromatic rings. The third-order valence-electron chi connectivity index (χ3n) is 3.33. The normalized spacial score (nSPS) is 10.3. The molecule has 4 heteroatoms. The summed E-state index contributed by atoms with van der Waals surface area (Å²) in [6.45, 7) is 4.91. The molecule has 0 radical (unpaired) electrons. The fourth-order valence-corrected chi connectivity index (χ4v) is 2.00. The predicted molar refractivity (Wildman–Crippen MR) is 86.1 cm³/mol. The van der Waals surface area contributed by atoms with E-state index in [1.165, 1.54) is 0 Å². The number of carbonyl (C=O) groups excluding carboxylic acids is 2. The van der Waals surface area contributed by atoms with Crippen LogP contribution in [-0.2, 0) is 9.47 Å². The molecular formula is C18H26O4.